The maximum atomic E-state index is 11.5. The van der Waals surface area contributed by atoms with E-state index >= 15 is 0 Å². The van der Waals surface area contributed by atoms with Gasteiger partial charge >= 0.3 is 5.97 Å². The zero-order valence-corrected chi connectivity index (χ0v) is 11.9. The molecule has 0 spiro atoms. The number of aliphatic carboxylic acids is 1. The molecule has 110 valence electrons. The second-order valence-corrected chi connectivity index (χ2v) is 4.40. The highest BCUT2D eigenvalue weighted by Gasteiger charge is 2.19. The Labute approximate surface area is 123 Å². The molecule has 0 heterocycles. The molecule has 2 aromatic carbocycles. The number of anilines is 1. The molecule has 5 heteroatoms. The van der Waals surface area contributed by atoms with Gasteiger partial charge in [-0.1, -0.05) is 30.3 Å². The molecule has 0 bridgehead atoms. The number of nitrogens with one attached hydrogen (secondary N) is 1. The van der Waals surface area contributed by atoms with Gasteiger partial charge in [-0.2, -0.15) is 0 Å². The third-order valence-electron chi connectivity index (χ3n) is 3.07. The van der Waals surface area contributed by atoms with Crippen LogP contribution in [0.1, 0.15) is 11.6 Å². The smallest absolute Gasteiger partial charge is 0.330 e. The predicted molar refractivity (Wildman–Crippen MR) is 80.0 cm³/mol. The molecular weight excluding hydrogens is 270 g/mol. The minimum Gasteiger partial charge on any atom is -0.493 e. The van der Waals surface area contributed by atoms with Crippen molar-refractivity contribution in [2.45, 2.75) is 6.04 Å². The van der Waals surface area contributed by atoms with Gasteiger partial charge in [-0.25, -0.2) is 4.79 Å². The summed E-state index contributed by atoms with van der Waals surface area (Å²) in [6.45, 7) is 0. The number of methoxy groups -OCH3 is 2. The second-order valence-electron chi connectivity index (χ2n) is 4.40. The van der Waals surface area contributed by atoms with Crippen LogP contribution < -0.4 is 14.8 Å². The fourth-order valence-corrected chi connectivity index (χ4v) is 2.03. The van der Waals surface area contributed by atoms with Gasteiger partial charge in [0.25, 0.3) is 0 Å². The van der Waals surface area contributed by atoms with Crippen LogP contribution in [0.2, 0.25) is 0 Å². The normalized spacial score (nSPS) is 11.5. The maximum absolute atomic E-state index is 11.5. The Balaban J connectivity index is 2.28. The molecule has 0 amide bonds. The number of hydrogen-bond donors (Lipinski definition) is 2. The first-order chi connectivity index (χ1) is 10.2. The summed E-state index contributed by atoms with van der Waals surface area (Å²) >= 11 is 0. The molecule has 0 aliphatic carbocycles. The molecule has 2 rings (SSSR count). The van der Waals surface area contributed by atoms with E-state index < -0.39 is 12.0 Å². The molecule has 0 radical (unpaired) electrons. The lowest BCUT2D eigenvalue weighted by Gasteiger charge is -2.17. The summed E-state index contributed by atoms with van der Waals surface area (Å²) in [4.78, 5) is 11.5. The van der Waals surface area contributed by atoms with Crippen molar-refractivity contribution in [1.82, 2.24) is 0 Å². The van der Waals surface area contributed by atoms with E-state index in [1.54, 1.807) is 37.4 Å². The molecule has 0 aliphatic rings. The predicted octanol–water partition coefficient (Wildman–Crippen LogP) is 2.94. The number of benzene rings is 2. The standard InChI is InChI=1S/C16H17NO4/c1-20-13-9-8-12(10-14(13)21-2)17-15(16(18)19)11-6-4-3-5-7-11/h3-10,15,17H,1-2H3,(H,18,19). The van der Waals surface area contributed by atoms with Crippen LogP contribution >= 0.6 is 0 Å². The number of carboxylic acids is 1. The summed E-state index contributed by atoms with van der Waals surface area (Å²) in [6.07, 6.45) is 0. The number of carboxylic acid groups (broad SMARTS) is 1. The first-order valence-electron chi connectivity index (χ1n) is 6.42. The quantitative estimate of drug-likeness (QED) is 0.855. The molecule has 2 aromatic rings. The van der Waals surface area contributed by atoms with Crippen molar-refractivity contribution in [3.8, 4) is 11.5 Å². The summed E-state index contributed by atoms with van der Waals surface area (Å²) in [6, 6.07) is 13.4. The molecule has 0 saturated carbocycles. The first-order valence-corrected chi connectivity index (χ1v) is 6.42. The highest BCUT2D eigenvalue weighted by Crippen LogP contribution is 2.31. The van der Waals surface area contributed by atoms with Crippen LogP contribution in [0.5, 0.6) is 11.5 Å². The van der Waals surface area contributed by atoms with Crippen molar-refractivity contribution in [2.24, 2.45) is 0 Å². The van der Waals surface area contributed by atoms with E-state index in [9.17, 15) is 9.90 Å². The third-order valence-corrected chi connectivity index (χ3v) is 3.07. The fraction of sp³-hybridized carbons (Fsp3) is 0.188. The van der Waals surface area contributed by atoms with E-state index in [-0.39, 0.29) is 0 Å². The Morgan fingerprint density at radius 1 is 1.05 bits per heavy atom. The average molecular weight is 287 g/mol. The highest BCUT2D eigenvalue weighted by molar-refractivity contribution is 5.79. The van der Waals surface area contributed by atoms with E-state index in [2.05, 4.69) is 5.32 Å². The van der Waals surface area contributed by atoms with E-state index in [4.69, 9.17) is 9.47 Å². The minimum absolute atomic E-state index is 0.541. The molecule has 1 atom stereocenters. The maximum Gasteiger partial charge on any atom is 0.330 e. The Bertz CT molecular complexity index is 613. The lowest BCUT2D eigenvalue weighted by atomic mass is 10.1. The molecule has 1 unspecified atom stereocenters. The van der Waals surface area contributed by atoms with Gasteiger partial charge in [0.2, 0.25) is 0 Å². The molecular formula is C16H17NO4. The topological polar surface area (TPSA) is 67.8 Å². The largest absolute Gasteiger partial charge is 0.493 e. The Morgan fingerprint density at radius 3 is 2.29 bits per heavy atom. The van der Waals surface area contributed by atoms with Crippen LogP contribution in [-0.2, 0) is 4.79 Å². The lowest BCUT2D eigenvalue weighted by molar-refractivity contribution is -0.138. The Kier molecular flexibility index (Phi) is 4.66. The summed E-state index contributed by atoms with van der Waals surface area (Å²) < 4.78 is 10.4. The molecule has 2 N–H and O–H groups in total. The van der Waals surface area contributed by atoms with E-state index in [0.717, 1.165) is 0 Å². The van der Waals surface area contributed by atoms with Crippen molar-refractivity contribution in [3.63, 3.8) is 0 Å². The van der Waals surface area contributed by atoms with E-state index in [1.165, 1.54) is 7.11 Å². The molecule has 0 fully saturated rings. The molecule has 5 nitrogen and oxygen atoms in total. The van der Waals surface area contributed by atoms with Gasteiger partial charge in [-0.05, 0) is 17.7 Å². The molecule has 0 saturated heterocycles. The number of rotatable bonds is 6. The van der Waals surface area contributed by atoms with Crippen LogP contribution in [0.25, 0.3) is 0 Å². The zero-order chi connectivity index (χ0) is 15.2. The SMILES string of the molecule is COc1ccc(NC(C(=O)O)c2ccccc2)cc1OC. The van der Waals surface area contributed by atoms with Gasteiger partial charge in [0.1, 0.15) is 0 Å². The zero-order valence-electron chi connectivity index (χ0n) is 11.9. The molecule has 0 aromatic heterocycles. The van der Waals surface area contributed by atoms with Crippen LogP contribution in [0.15, 0.2) is 48.5 Å². The minimum atomic E-state index is -0.948. The van der Waals surface area contributed by atoms with Crippen molar-refractivity contribution < 1.29 is 19.4 Å². The highest BCUT2D eigenvalue weighted by atomic mass is 16.5. The van der Waals surface area contributed by atoms with Crippen LogP contribution in [0.4, 0.5) is 5.69 Å². The summed E-state index contributed by atoms with van der Waals surface area (Å²) in [5.74, 6) is 0.185. The summed E-state index contributed by atoms with van der Waals surface area (Å²) in [7, 11) is 3.09. The number of hydrogen-bond acceptors (Lipinski definition) is 4. The van der Waals surface area contributed by atoms with E-state index in [0.29, 0.717) is 22.7 Å². The van der Waals surface area contributed by atoms with Crippen LogP contribution in [0.3, 0.4) is 0 Å². The average Bonchev–Trinajstić information content (AvgIpc) is 2.52. The van der Waals surface area contributed by atoms with Crippen molar-refractivity contribution in [3.05, 3.63) is 54.1 Å². The van der Waals surface area contributed by atoms with Crippen LogP contribution in [-0.4, -0.2) is 25.3 Å². The van der Waals surface area contributed by atoms with Gasteiger partial charge in [0, 0.05) is 11.8 Å². The van der Waals surface area contributed by atoms with Crippen molar-refractivity contribution in [1.29, 1.82) is 0 Å². The van der Waals surface area contributed by atoms with Gasteiger partial charge in [-0.15, -0.1) is 0 Å². The first kappa shape index (κ1) is 14.7. The summed E-state index contributed by atoms with van der Waals surface area (Å²) in [5, 5.41) is 12.4. The van der Waals surface area contributed by atoms with Gasteiger partial charge in [0.15, 0.2) is 17.5 Å². The van der Waals surface area contributed by atoms with Gasteiger partial charge in [0.05, 0.1) is 14.2 Å². The Morgan fingerprint density at radius 2 is 1.71 bits per heavy atom. The third kappa shape index (κ3) is 3.45. The number of carbonyl (C=O) groups is 1. The number of ether oxygens (including phenoxy) is 2. The van der Waals surface area contributed by atoms with E-state index in [1.807, 2.05) is 18.2 Å². The van der Waals surface area contributed by atoms with Crippen LogP contribution in [0, 0.1) is 0 Å². The Hall–Kier alpha value is -2.69. The van der Waals surface area contributed by atoms with Gasteiger partial charge in [-0.3, -0.25) is 0 Å². The molecule has 0 aliphatic heterocycles. The van der Waals surface area contributed by atoms with Gasteiger partial charge < -0.3 is 19.9 Å². The van der Waals surface area contributed by atoms with Crippen molar-refractivity contribution >= 4 is 11.7 Å². The van der Waals surface area contributed by atoms with Crippen molar-refractivity contribution in [2.75, 3.05) is 19.5 Å². The monoisotopic (exact) mass is 287 g/mol. The summed E-state index contributed by atoms with van der Waals surface area (Å²) in [5.41, 5.74) is 1.32. The lowest BCUT2D eigenvalue weighted by Crippen LogP contribution is -2.20. The second kappa shape index (κ2) is 6.65. The molecule has 21 heavy (non-hydrogen) atoms. The fourth-order valence-electron chi connectivity index (χ4n) is 2.03.